The predicted molar refractivity (Wildman–Crippen MR) is 103 cm³/mol. The molecule has 0 amide bonds. The summed E-state index contributed by atoms with van der Waals surface area (Å²) in [6.07, 6.45) is 0. The lowest BCUT2D eigenvalue weighted by Crippen LogP contribution is -2.30. The van der Waals surface area contributed by atoms with Crippen molar-refractivity contribution < 1.29 is 8.42 Å². The third kappa shape index (κ3) is 4.15. The number of nitrogens with zero attached hydrogens (tertiary/aromatic N) is 1. The topological polar surface area (TPSA) is 37.4 Å². The van der Waals surface area contributed by atoms with Gasteiger partial charge in [0.05, 0.1) is 17.1 Å². The van der Waals surface area contributed by atoms with Crippen molar-refractivity contribution >= 4 is 38.9 Å². The van der Waals surface area contributed by atoms with E-state index in [-0.39, 0.29) is 11.4 Å². The van der Waals surface area contributed by atoms with Gasteiger partial charge in [0.2, 0.25) is 0 Å². The Balaban J connectivity index is 2.07. The molecule has 0 radical (unpaired) electrons. The van der Waals surface area contributed by atoms with E-state index >= 15 is 0 Å². The van der Waals surface area contributed by atoms with Crippen LogP contribution in [0.2, 0.25) is 10.0 Å². The molecule has 0 fully saturated rings. The molecule has 0 bridgehead atoms. The number of anilines is 1. The fourth-order valence-electron chi connectivity index (χ4n) is 2.44. The van der Waals surface area contributed by atoms with E-state index < -0.39 is 10.0 Å². The molecular formula is C19H15Cl2NO2S. The standard InChI is InChI=1S/C19H15Cl2NO2S/c20-16-9-11-18(12-10-16)22(14-15-5-4-6-17(21)13-15)25(23,24)19-7-2-1-3-8-19/h1-13H,14H2. The highest BCUT2D eigenvalue weighted by molar-refractivity contribution is 7.92. The SMILES string of the molecule is O=S(=O)(c1ccccc1)N(Cc1cccc(Cl)c1)c1ccc(Cl)cc1. The Morgan fingerprint density at radius 3 is 2.08 bits per heavy atom. The maximum absolute atomic E-state index is 13.2. The monoisotopic (exact) mass is 391 g/mol. The first-order chi connectivity index (χ1) is 12.0. The van der Waals surface area contributed by atoms with Crippen LogP contribution >= 0.6 is 23.2 Å². The number of hydrogen-bond donors (Lipinski definition) is 0. The zero-order valence-corrected chi connectivity index (χ0v) is 15.5. The second-order valence-electron chi connectivity index (χ2n) is 5.43. The van der Waals surface area contributed by atoms with Crippen molar-refractivity contribution in [1.82, 2.24) is 0 Å². The van der Waals surface area contributed by atoms with Crippen LogP contribution in [-0.2, 0) is 16.6 Å². The van der Waals surface area contributed by atoms with Crippen LogP contribution in [0.1, 0.15) is 5.56 Å². The van der Waals surface area contributed by atoms with Gasteiger partial charge in [-0.3, -0.25) is 4.31 Å². The lowest BCUT2D eigenvalue weighted by Gasteiger charge is -2.25. The molecular weight excluding hydrogens is 377 g/mol. The molecule has 3 rings (SSSR count). The maximum Gasteiger partial charge on any atom is 0.264 e. The van der Waals surface area contributed by atoms with Crippen LogP contribution in [-0.4, -0.2) is 8.42 Å². The van der Waals surface area contributed by atoms with Crippen molar-refractivity contribution in [3.8, 4) is 0 Å². The minimum absolute atomic E-state index is 0.166. The maximum atomic E-state index is 13.2. The van der Waals surface area contributed by atoms with Crippen LogP contribution in [0.4, 0.5) is 5.69 Å². The molecule has 6 heteroatoms. The van der Waals surface area contributed by atoms with E-state index in [1.54, 1.807) is 72.8 Å². The summed E-state index contributed by atoms with van der Waals surface area (Å²) in [5.74, 6) is 0. The second-order valence-corrected chi connectivity index (χ2v) is 8.17. The van der Waals surface area contributed by atoms with Crippen LogP contribution in [0.3, 0.4) is 0 Å². The van der Waals surface area contributed by atoms with Crippen LogP contribution in [0.5, 0.6) is 0 Å². The van der Waals surface area contributed by atoms with Gasteiger partial charge in [-0.2, -0.15) is 0 Å². The lowest BCUT2D eigenvalue weighted by atomic mass is 10.2. The quantitative estimate of drug-likeness (QED) is 0.584. The first-order valence-corrected chi connectivity index (χ1v) is 9.74. The molecule has 0 aliphatic rings. The first kappa shape index (κ1) is 17.8. The Labute approximate surface area is 157 Å². The number of sulfonamides is 1. The van der Waals surface area contributed by atoms with Gasteiger partial charge < -0.3 is 0 Å². The number of hydrogen-bond acceptors (Lipinski definition) is 2. The zero-order valence-electron chi connectivity index (χ0n) is 13.1. The third-order valence-electron chi connectivity index (χ3n) is 3.66. The molecule has 25 heavy (non-hydrogen) atoms. The molecule has 0 unspecified atom stereocenters. The number of halogens is 2. The molecule has 128 valence electrons. The van der Waals surface area contributed by atoms with Gasteiger partial charge in [-0.25, -0.2) is 8.42 Å². The summed E-state index contributed by atoms with van der Waals surface area (Å²) < 4.78 is 27.7. The van der Waals surface area contributed by atoms with Crippen molar-refractivity contribution in [2.45, 2.75) is 11.4 Å². The molecule has 3 nitrogen and oxygen atoms in total. The summed E-state index contributed by atoms with van der Waals surface area (Å²) in [5.41, 5.74) is 1.33. The smallest absolute Gasteiger partial charge is 0.262 e. The molecule has 0 aromatic heterocycles. The Kier molecular flexibility index (Phi) is 5.33. The first-order valence-electron chi connectivity index (χ1n) is 7.54. The van der Waals surface area contributed by atoms with Gasteiger partial charge >= 0.3 is 0 Å². The predicted octanol–water partition coefficient (Wildman–Crippen LogP) is 5.39. The van der Waals surface area contributed by atoms with Crippen LogP contribution in [0, 0.1) is 0 Å². The number of rotatable bonds is 5. The molecule has 0 aliphatic carbocycles. The highest BCUT2D eigenvalue weighted by Crippen LogP contribution is 2.27. The van der Waals surface area contributed by atoms with Gasteiger partial charge in [0, 0.05) is 10.0 Å². The average molecular weight is 392 g/mol. The van der Waals surface area contributed by atoms with Crippen molar-refractivity contribution in [2.75, 3.05) is 4.31 Å². The van der Waals surface area contributed by atoms with Crippen LogP contribution < -0.4 is 4.31 Å². The van der Waals surface area contributed by atoms with E-state index in [9.17, 15) is 8.42 Å². The van der Waals surface area contributed by atoms with E-state index in [2.05, 4.69) is 0 Å². The molecule has 0 saturated heterocycles. The number of benzene rings is 3. The van der Waals surface area contributed by atoms with Gasteiger partial charge in [-0.05, 0) is 54.1 Å². The third-order valence-corrected chi connectivity index (χ3v) is 5.94. The van der Waals surface area contributed by atoms with Crippen LogP contribution in [0.25, 0.3) is 0 Å². The van der Waals surface area contributed by atoms with E-state index in [0.717, 1.165) is 5.56 Å². The van der Waals surface area contributed by atoms with E-state index in [0.29, 0.717) is 15.7 Å². The van der Waals surface area contributed by atoms with Crippen LogP contribution in [0.15, 0.2) is 83.8 Å². The van der Waals surface area contributed by atoms with E-state index in [4.69, 9.17) is 23.2 Å². The summed E-state index contributed by atoms with van der Waals surface area (Å²) in [5, 5.41) is 1.11. The Bertz CT molecular complexity index is 958. The minimum Gasteiger partial charge on any atom is -0.262 e. The summed E-state index contributed by atoms with van der Waals surface area (Å²) in [4.78, 5) is 0.229. The van der Waals surface area contributed by atoms with Crippen molar-refractivity contribution in [3.05, 3.63) is 94.5 Å². The summed E-state index contributed by atoms with van der Waals surface area (Å²) in [6, 6.07) is 22.2. The summed E-state index contributed by atoms with van der Waals surface area (Å²) >= 11 is 12.0. The molecule has 3 aromatic carbocycles. The molecule has 3 aromatic rings. The molecule has 0 heterocycles. The van der Waals surface area contributed by atoms with Crippen molar-refractivity contribution in [3.63, 3.8) is 0 Å². The highest BCUT2D eigenvalue weighted by atomic mass is 35.5. The summed E-state index contributed by atoms with van der Waals surface area (Å²) in [7, 11) is -3.73. The minimum atomic E-state index is -3.73. The second kappa shape index (κ2) is 7.48. The molecule has 0 aliphatic heterocycles. The van der Waals surface area contributed by atoms with Gasteiger partial charge in [-0.1, -0.05) is 53.5 Å². The normalized spacial score (nSPS) is 11.3. The van der Waals surface area contributed by atoms with Gasteiger partial charge in [0.25, 0.3) is 10.0 Å². The van der Waals surface area contributed by atoms with Crippen molar-refractivity contribution in [2.24, 2.45) is 0 Å². The molecule has 0 saturated carbocycles. The average Bonchev–Trinajstić information content (AvgIpc) is 2.61. The van der Waals surface area contributed by atoms with Crippen molar-refractivity contribution in [1.29, 1.82) is 0 Å². The Morgan fingerprint density at radius 2 is 1.44 bits per heavy atom. The van der Waals surface area contributed by atoms with Gasteiger partial charge in [0.1, 0.15) is 0 Å². The Hall–Kier alpha value is -2.01. The molecule has 0 spiro atoms. The Morgan fingerprint density at radius 1 is 0.760 bits per heavy atom. The molecule has 0 atom stereocenters. The van der Waals surface area contributed by atoms with Gasteiger partial charge in [0.15, 0.2) is 0 Å². The van der Waals surface area contributed by atoms with E-state index in [1.165, 1.54) is 4.31 Å². The molecule has 0 N–H and O–H groups in total. The lowest BCUT2D eigenvalue weighted by molar-refractivity contribution is 0.590. The zero-order chi connectivity index (χ0) is 17.9. The van der Waals surface area contributed by atoms with Gasteiger partial charge in [-0.15, -0.1) is 0 Å². The largest absolute Gasteiger partial charge is 0.264 e. The highest BCUT2D eigenvalue weighted by Gasteiger charge is 2.25. The van der Waals surface area contributed by atoms with E-state index in [1.807, 2.05) is 6.07 Å². The fourth-order valence-corrected chi connectivity index (χ4v) is 4.26. The summed E-state index contributed by atoms with van der Waals surface area (Å²) in [6.45, 7) is 0.166. The fraction of sp³-hybridized carbons (Fsp3) is 0.0526.